The van der Waals surface area contributed by atoms with Gasteiger partial charge in [-0.25, -0.2) is 0 Å². The van der Waals surface area contributed by atoms with Crippen molar-refractivity contribution < 1.29 is 14.3 Å². The summed E-state index contributed by atoms with van der Waals surface area (Å²) in [6, 6.07) is 6.26. The molecule has 118 valence electrons. The van der Waals surface area contributed by atoms with Crippen molar-refractivity contribution in [2.75, 3.05) is 26.4 Å². The van der Waals surface area contributed by atoms with Crippen molar-refractivity contribution in [1.29, 1.82) is 0 Å². The summed E-state index contributed by atoms with van der Waals surface area (Å²) < 4.78 is 10.7. The Balaban J connectivity index is 1.29. The fourth-order valence-corrected chi connectivity index (χ4v) is 3.76. The number of carbonyl (C=O) groups excluding carboxylic acids is 1. The molecule has 0 saturated carbocycles. The van der Waals surface area contributed by atoms with Gasteiger partial charge in [-0.3, -0.25) is 4.79 Å². The van der Waals surface area contributed by atoms with Gasteiger partial charge in [-0.1, -0.05) is 6.07 Å². The lowest BCUT2D eigenvalue weighted by Gasteiger charge is -2.44. The molecule has 4 aliphatic rings. The third-order valence-corrected chi connectivity index (χ3v) is 5.08. The van der Waals surface area contributed by atoms with Crippen LogP contribution in [0.1, 0.15) is 24.8 Å². The van der Waals surface area contributed by atoms with Gasteiger partial charge >= 0.3 is 0 Å². The maximum atomic E-state index is 12.2. The number of nitrogens with zero attached hydrogens (tertiary/aromatic N) is 1. The van der Waals surface area contributed by atoms with E-state index in [0.29, 0.717) is 25.2 Å². The zero-order valence-corrected chi connectivity index (χ0v) is 12.7. The lowest BCUT2D eigenvalue weighted by Crippen LogP contribution is -2.57. The van der Waals surface area contributed by atoms with Crippen LogP contribution in [0.2, 0.25) is 0 Å². The molecular weight excluding hydrogens is 280 g/mol. The van der Waals surface area contributed by atoms with Crippen LogP contribution >= 0.6 is 0 Å². The first kappa shape index (κ1) is 13.9. The monoisotopic (exact) mass is 302 g/mol. The fourth-order valence-electron chi connectivity index (χ4n) is 3.76. The highest BCUT2D eigenvalue weighted by Crippen LogP contribution is 2.33. The van der Waals surface area contributed by atoms with E-state index in [1.165, 1.54) is 25.9 Å². The summed E-state index contributed by atoms with van der Waals surface area (Å²) in [5.41, 5.74) is 1.12. The maximum absolute atomic E-state index is 12.2. The topological polar surface area (TPSA) is 50.8 Å². The zero-order valence-electron chi connectivity index (χ0n) is 12.7. The smallest absolute Gasteiger partial charge is 0.231 e. The zero-order chi connectivity index (χ0) is 14.9. The fraction of sp³-hybridized carbons (Fsp3) is 0.588. The van der Waals surface area contributed by atoms with Gasteiger partial charge in [-0.05, 0) is 56.0 Å². The minimum absolute atomic E-state index is 0.163. The largest absolute Gasteiger partial charge is 0.454 e. The molecule has 22 heavy (non-hydrogen) atoms. The molecule has 5 rings (SSSR count). The van der Waals surface area contributed by atoms with E-state index >= 15 is 0 Å². The molecule has 3 fully saturated rings. The number of hydrogen-bond donors (Lipinski definition) is 1. The third kappa shape index (κ3) is 2.77. The van der Waals surface area contributed by atoms with Crippen LogP contribution in [0.4, 0.5) is 0 Å². The highest BCUT2D eigenvalue weighted by atomic mass is 16.7. The molecule has 5 heteroatoms. The van der Waals surface area contributed by atoms with Crippen LogP contribution in [0.3, 0.4) is 0 Å². The van der Waals surface area contributed by atoms with Gasteiger partial charge in [0.25, 0.3) is 0 Å². The van der Waals surface area contributed by atoms with Gasteiger partial charge in [0.05, 0.1) is 0 Å². The molecule has 3 saturated heterocycles. The highest BCUT2D eigenvalue weighted by molar-refractivity contribution is 5.76. The van der Waals surface area contributed by atoms with E-state index in [9.17, 15) is 4.79 Å². The van der Waals surface area contributed by atoms with Gasteiger partial charge in [0, 0.05) is 19.0 Å². The SMILES string of the molecule is O=C(CCc1ccc2c(c1)OCO2)NC1CN2CCC1CC2. The second-order valence-corrected chi connectivity index (χ2v) is 6.50. The Morgan fingerprint density at radius 1 is 1.23 bits per heavy atom. The summed E-state index contributed by atoms with van der Waals surface area (Å²) in [7, 11) is 0. The molecule has 1 atom stereocenters. The minimum Gasteiger partial charge on any atom is -0.454 e. The molecule has 2 bridgehead atoms. The molecule has 0 spiro atoms. The molecule has 5 nitrogen and oxygen atoms in total. The first-order valence-electron chi connectivity index (χ1n) is 8.18. The van der Waals surface area contributed by atoms with Crippen molar-refractivity contribution in [3.05, 3.63) is 23.8 Å². The van der Waals surface area contributed by atoms with E-state index in [-0.39, 0.29) is 5.91 Å². The van der Waals surface area contributed by atoms with Crippen molar-refractivity contribution in [3.63, 3.8) is 0 Å². The Kier molecular flexibility index (Phi) is 3.66. The molecule has 0 radical (unpaired) electrons. The van der Waals surface area contributed by atoms with Crippen molar-refractivity contribution >= 4 is 5.91 Å². The van der Waals surface area contributed by atoms with E-state index in [4.69, 9.17) is 9.47 Å². The van der Waals surface area contributed by atoms with E-state index in [0.717, 1.165) is 30.0 Å². The van der Waals surface area contributed by atoms with E-state index in [1.54, 1.807) is 0 Å². The third-order valence-electron chi connectivity index (χ3n) is 5.08. The Morgan fingerprint density at radius 3 is 2.82 bits per heavy atom. The molecule has 1 unspecified atom stereocenters. The second-order valence-electron chi connectivity index (χ2n) is 6.50. The molecule has 0 aromatic heterocycles. The van der Waals surface area contributed by atoms with Gasteiger partial charge in [0.1, 0.15) is 0 Å². The summed E-state index contributed by atoms with van der Waals surface area (Å²) in [6.45, 7) is 3.72. The lowest BCUT2D eigenvalue weighted by atomic mass is 9.84. The minimum atomic E-state index is 0.163. The summed E-state index contributed by atoms with van der Waals surface area (Å²) in [4.78, 5) is 14.7. The van der Waals surface area contributed by atoms with Crippen LogP contribution in [0.5, 0.6) is 11.5 Å². The Hall–Kier alpha value is -1.75. The van der Waals surface area contributed by atoms with Crippen molar-refractivity contribution in [2.45, 2.75) is 31.7 Å². The van der Waals surface area contributed by atoms with Gasteiger partial charge in [0.2, 0.25) is 12.7 Å². The molecule has 4 heterocycles. The second kappa shape index (κ2) is 5.80. The first-order chi connectivity index (χ1) is 10.8. The summed E-state index contributed by atoms with van der Waals surface area (Å²) in [5, 5.41) is 3.24. The molecule has 1 aromatic rings. The molecule has 4 aliphatic heterocycles. The van der Waals surface area contributed by atoms with Crippen LogP contribution in [-0.2, 0) is 11.2 Å². The summed E-state index contributed by atoms with van der Waals surface area (Å²) in [6.07, 6.45) is 3.73. The Morgan fingerprint density at radius 2 is 2.05 bits per heavy atom. The Bertz CT molecular complexity index is 567. The molecular formula is C17H22N2O3. The summed E-state index contributed by atoms with van der Waals surface area (Å²) >= 11 is 0. The quantitative estimate of drug-likeness (QED) is 0.917. The van der Waals surface area contributed by atoms with Gasteiger partial charge < -0.3 is 19.7 Å². The average Bonchev–Trinajstić information content (AvgIpc) is 3.02. The van der Waals surface area contributed by atoms with Gasteiger partial charge in [-0.2, -0.15) is 0 Å². The lowest BCUT2D eigenvalue weighted by molar-refractivity contribution is -0.123. The number of rotatable bonds is 4. The van der Waals surface area contributed by atoms with Crippen LogP contribution < -0.4 is 14.8 Å². The van der Waals surface area contributed by atoms with Crippen LogP contribution in [-0.4, -0.2) is 43.3 Å². The molecule has 1 amide bonds. The van der Waals surface area contributed by atoms with Gasteiger partial charge in [0.15, 0.2) is 11.5 Å². The normalized spacial score (nSPS) is 28.6. The number of aryl methyl sites for hydroxylation is 1. The standard InChI is InChI=1S/C17H22N2O3/c20-17(18-14-10-19-7-5-13(14)6-8-19)4-2-12-1-3-15-16(9-12)22-11-21-15/h1,3,9,13-14H,2,4-8,10-11H2,(H,18,20). The van der Waals surface area contributed by atoms with E-state index in [2.05, 4.69) is 10.2 Å². The number of carbonyl (C=O) groups is 1. The van der Waals surface area contributed by atoms with Crippen molar-refractivity contribution in [3.8, 4) is 11.5 Å². The maximum Gasteiger partial charge on any atom is 0.231 e. The van der Waals surface area contributed by atoms with E-state index < -0.39 is 0 Å². The highest BCUT2D eigenvalue weighted by Gasteiger charge is 2.34. The van der Waals surface area contributed by atoms with Crippen LogP contribution in [0.15, 0.2) is 18.2 Å². The number of amides is 1. The predicted octanol–water partition coefficient (Wildman–Crippen LogP) is 1.56. The Labute approximate surface area is 130 Å². The van der Waals surface area contributed by atoms with Crippen LogP contribution in [0.25, 0.3) is 0 Å². The van der Waals surface area contributed by atoms with Crippen molar-refractivity contribution in [2.24, 2.45) is 5.92 Å². The number of piperidine rings is 3. The summed E-state index contributed by atoms with van der Waals surface area (Å²) in [5.74, 6) is 2.42. The average molecular weight is 302 g/mol. The number of fused-ring (bicyclic) bond motifs is 4. The van der Waals surface area contributed by atoms with Crippen molar-refractivity contribution in [1.82, 2.24) is 10.2 Å². The number of benzene rings is 1. The number of ether oxygens (including phenoxy) is 2. The molecule has 1 aromatic carbocycles. The first-order valence-corrected chi connectivity index (χ1v) is 8.18. The number of nitrogens with one attached hydrogen (secondary N) is 1. The predicted molar refractivity (Wildman–Crippen MR) is 82.0 cm³/mol. The van der Waals surface area contributed by atoms with Crippen LogP contribution in [0, 0.1) is 5.92 Å². The molecule has 0 aliphatic carbocycles. The van der Waals surface area contributed by atoms with Gasteiger partial charge in [-0.15, -0.1) is 0 Å². The number of hydrogen-bond acceptors (Lipinski definition) is 4. The van der Waals surface area contributed by atoms with E-state index in [1.807, 2.05) is 18.2 Å². The molecule has 1 N–H and O–H groups in total.